The number of hydrogen-bond acceptors (Lipinski definition) is 4. The molecular weight excluding hydrogens is 208 g/mol. The van der Waals surface area contributed by atoms with Crippen LogP contribution in [0.15, 0.2) is 0 Å². The Balaban J connectivity index is 2.42. The largest absolute Gasteiger partial charge is 0.481 e. The van der Waals surface area contributed by atoms with Gasteiger partial charge in [0.25, 0.3) is 0 Å². The Labute approximate surface area is 96.7 Å². The molecule has 0 aromatic rings. The normalized spacial score (nSPS) is 27.2. The standard InChI is InChI=1S/C11H22N2O3/c1-12(2)6-7-13-5-3-4-11(16,9-13)8-10(14)15/h16H,3-9H2,1-2H3,(H,14,15). The van der Waals surface area contributed by atoms with Gasteiger partial charge in [0.05, 0.1) is 12.0 Å². The van der Waals surface area contributed by atoms with Gasteiger partial charge in [-0.2, -0.15) is 0 Å². The number of β-amino-alcohol motifs (C(OH)–C–C–N with tert-alkyl or cyclic N) is 1. The van der Waals surface area contributed by atoms with Crippen molar-refractivity contribution in [2.75, 3.05) is 40.3 Å². The van der Waals surface area contributed by atoms with Gasteiger partial charge in [-0.05, 0) is 33.5 Å². The van der Waals surface area contributed by atoms with E-state index in [2.05, 4.69) is 9.80 Å². The number of rotatable bonds is 5. The molecular formula is C11H22N2O3. The summed E-state index contributed by atoms with van der Waals surface area (Å²) in [6.45, 7) is 3.25. The Bertz CT molecular complexity index is 245. The molecule has 1 aliphatic rings. The van der Waals surface area contributed by atoms with Crippen molar-refractivity contribution < 1.29 is 15.0 Å². The average Bonchev–Trinajstić information content (AvgIpc) is 2.12. The lowest BCUT2D eigenvalue weighted by Crippen LogP contribution is -2.50. The molecule has 5 nitrogen and oxygen atoms in total. The minimum Gasteiger partial charge on any atom is -0.481 e. The lowest BCUT2D eigenvalue weighted by Gasteiger charge is -2.38. The number of likely N-dealkylation sites (tertiary alicyclic amines) is 1. The van der Waals surface area contributed by atoms with Gasteiger partial charge in [0.2, 0.25) is 0 Å². The van der Waals surface area contributed by atoms with Gasteiger partial charge < -0.3 is 15.1 Å². The molecule has 0 spiro atoms. The highest BCUT2D eigenvalue weighted by Crippen LogP contribution is 2.24. The van der Waals surface area contributed by atoms with Crippen LogP contribution in [0.25, 0.3) is 0 Å². The Hall–Kier alpha value is -0.650. The third-order valence-electron chi connectivity index (χ3n) is 2.98. The van der Waals surface area contributed by atoms with E-state index in [1.807, 2.05) is 14.1 Å². The number of piperidine rings is 1. The predicted octanol–water partition coefficient (Wildman–Crippen LogP) is -0.150. The van der Waals surface area contributed by atoms with E-state index in [1.165, 1.54) is 0 Å². The first-order valence-electron chi connectivity index (χ1n) is 5.72. The van der Waals surface area contributed by atoms with Gasteiger partial charge in [-0.3, -0.25) is 9.69 Å². The fourth-order valence-electron chi connectivity index (χ4n) is 2.16. The summed E-state index contributed by atoms with van der Waals surface area (Å²) in [6.07, 6.45) is 1.32. The first-order chi connectivity index (χ1) is 7.41. The second kappa shape index (κ2) is 5.61. The summed E-state index contributed by atoms with van der Waals surface area (Å²) in [5.41, 5.74) is -1.03. The van der Waals surface area contributed by atoms with E-state index in [9.17, 15) is 9.90 Å². The third kappa shape index (κ3) is 4.47. The van der Waals surface area contributed by atoms with Crippen molar-refractivity contribution in [2.45, 2.75) is 24.9 Å². The van der Waals surface area contributed by atoms with Crippen molar-refractivity contribution in [2.24, 2.45) is 0 Å². The molecule has 1 atom stereocenters. The number of likely N-dealkylation sites (N-methyl/N-ethyl adjacent to an activating group) is 1. The summed E-state index contributed by atoms with van der Waals surface area (Å²) >= 11 is 0. The van der Waals surface area contributed by atoms with Gasteiger partial charge in [0.15, 0.2) is 0 Å². The summed E-state index contributed by atoms with van der Waals surface area (Å²) in [5.74, 6) is -0.919. The van der Waals surface area contributed by atoms with Crippen molar-refractivity contribution in [3.05, 3.63) is 0 Å². The predicted molar refractivity (Wildman–Crippen MR) is 61.4 cm³/mol. The molecule has 5 heteroatoms. The molecule has 16 heavy (non-hydrogen) atoms. The van der Waals surface area contributed by atoms with Crippen LogP contribution in [0.1, 0.15) is 19.3 Å². The summed E-state index contributed by atoms with van der Waals surface area (Å²) < 4.78 is 0. The van der Waals surface area contributed by atoms with Crippen LogP contribution in [0.3, 0.4) is 0 Å². The number of carboxylic acid groups (broad SMARTS) is 1. The SMILES string of the molecule is CN(C)CCN1CCCC(O)(CC(=O)O)C1. The van der Waals surface area contributed by atoms with Crippen molar-refractivity contribution >= 4 is 5.97 Å². The first-order valence-corrected chi connectivity index (χ1v) is 5.72. The number of aliphatic carboxylic acids is 1. The molecule has 1 rings (SSSR count). The molecule has 1 fully saturated rings. The van der Waals surface area contributed by atoms with Gasteiger partial charge in [-0.1, -0.05) is 0 Å². The van der Waals surface area contributed by atoms with Gasteiger partial charge >= 0.3 is 5.97 Å². The monoisotopic (exact) mass is 230 g/mol. The highest BCUT2D eigenvalue weighted by atomic mass is 16.4. The summed E-state index contributed by atoms with van der Waals surface area (Å²) in [7, 11) is 4.01. The molecule has 2 N–H and O–H groups in total. The van der Waals surface area contributed by atoms with E-state index in [0.29, 0.717) is 13.0 Å². The van der Waals surface area contributed by atoms with Crippen molar-refractivity contribution in [3.63, 3.8) is 0 Å². The Morgan fingerprint density at radius 1 is 1.50 bits per heavy atom. The smallest absolute Gasteiger partial charge is 0.306 e. The van der Waals surface area contributed by atoms with E-state index in [0.717, 1.165) is 26.1 Å². The van der Waals surface area contributed by atoms with Crippen molar-refractivity contribution in [1.29, 1.82) is 0 Å². The second-order valence-corrected chi connectivity index (χ2v) is 4.98. The van der Waals surface area contributed by atoms with Crippen molar-refractivity contribution in [1.82, 2.24) is 9.80 Å². The molecule has 0 aliphatic carbocycles. The second-order valence-electron chi connectivity index (χ2n) is 4.98. The molecule has 0 bridgehead atoms. The zero-order valence-corrected chi connectivity index (χ0v) is 10.1. The van der Waals surface area contributed by atoms with Crippen LogP contribution < -0.4 is 0 Å². The fourth-order valence-corrected chi connectivity index (χ4v) is 2.16. The minimum atomic E-state index is -1.03. The average molecular weight is 230 g/mol. The molecule has 1 saturated heterocycles. The summed E-state index contributed by atoms with van der Waals surface area (Å²) in [4.78, 5) is 14.9. The highest BCUT2D eigenvalue weighted by Gasteiger charge is 2.35. The van der Waals surface area contributed by atoms with Crippen LogP contribution >= 0.6 is 0 Å². The zero-order valence-electron chi connectivity index (χ0n) is 10.1. The van der Waals surface area contributed by atoms with Crippen LogP contribution in [-0.2, 0) is 4.79 Å². The highest BCUT2D eigenvalue weighted by molar-refractivity contribution is 5.68. The first kappa shape index (κ1) is 13.4. The third-order valence-corrected chi connectivity index (χ3v) is 2.98. The van der Waals surface area contributed by atoms with E-state index in [-0.39, 0.29) is 6.42 Å². The maximum absolute atomic E-state index is 10.7. The van der Waals surface area contributed by atoms with Gasteiger partial charge in [0, 0.05) is 19.6 Å². The number of carbonyl (C=O) groups is 1. The molecule has 0 radical (unpaired) electrons. The van der Waals surface area contributed by atoms with Gasteiger partial charge in [-0.25, -0.2) is 0 Å². The number of hydrogen-bond donors (Lipinski definition) is 2. The molecule has 1 aliphatic heterocycles. The van der Waals surface area contributed by atoms with E-state index >= 15 is 0 Å². The molecule has 0 aromatic carbocycles. The Morgan fingerprint density at radius 2 is 2.19 bits per heavy atom. The van der Waals surface area contributed by atoms with Crippen LogP contribution in [0.4, 0.5) is 0 Å². The number of carboxylic acids is 1. The topological polar surface area (TPSA) is 64.0 Å². The number of aliphatic hydroxyl groups is 1. The Kier molecular flexibility index (Phi) is 4.70. The van der Waals surface area contributed by atoms with Gasteiger partial charge in [-0.15, -0.1) is 0 Å². The van der Waals surface area contributed by atoms with Crippen LogP contribution in [0.5, 0.6) is 0 Å². The molecule has 1 heterocycles. The van der Waals surface area contributed by atoms with Crippen LogP contribution in [0.2, 0.25) is 0 Å². The minimum absolute atomic E-state index is 0.147. The molecule has 94 valence electrons. The Morgan fingerprint density at radius 3 is 2.75 bits per heavy atom. The van der Waals surface area contributed by atoms with E-state index < -0.39 is 11.6 Å². The summed E-state index contributed by atoms with van der Waals surface area (Å²) in [6, 6.07) is 0. The number of nitrogens with zero attached hydrogens (tertiary/aromatic N) is 2. The fraction of sp³-hybridized carbons (Fsp3) is 0.909. The lowest BCUT2D eigenvalue weighted by molar-refractivity contribution is -0.145. The van der Waals surface area contributed by atoms with Crippen LogP contribution in [-0.4, -0.2) is 71.9 Å². The van der Waals surface area contributed by atoms with Gasteiger partial charge in [0.1, 0.15) is 0 Å². The molecule has 1 unspecified atom stereocenters. The zero-order chi connectivity index (χ0) is 12.2. The van der Waals surface area contributed by atoms with E-state index in [4.69, 9.17) is 5.11 Å². The quantitative estimate of drug-likeness (QED) is 0.687. The molecule has 0 aromatic heterocycles. The molecule has 0 saturated carbocycles. The lowest BCUT2D eigenvalue weighted by atomic mass is 9.89. The molecule has 0 amide bonds. The maximum Gasteiger partial charge on any atom is 0.306 e. The van der Waals surface area contributed by atoms with E-state index in [1.54, 1.807) is 0 Å². The van der Waals surface area contributed by atoms with Crippen LogP contribution in [0, 0.1) is 0 Å². The maximum atomic E-state index is 10.7. The van der Waals surface area contributed by atoms with Crippen molar-refractivity contribution in [3.8, 4) is 0 Å². The summed E-state index contributed by atoms with van der Waals surface area (Å²) in [5, 5.41) is 18.9.